The van der Waals surface area contributed by atoms with Crippen LogP contribution in [0, 0.1) is 154 Å². The molecule has 14 unspecified atom stereocenters. The van der Waals surface area contributed by atoms with Crippen molar-refractivity contribution in [3.05, 3.63) is 0 Å². The van der Waals surface area contributed by atoms with Crippen LogP contribution in [-0.2, 0) is 0 Å². The van der Waals surface area contributed by atoms with Crippen molar-refractivity contribution in [1.82, 2.24) is 0 Å². The van der Waals surface area contributed by atoms with Crippen LogP contribution in [-0.4, -0.2) is 0 Å². The summed E-state index contributed by atoms with van der Waals surface area (Å²) in [6.45, 7) is 0. The van der Waals surface area contributed by atoms with Crippen molar-refractivity contribution in [2.45, 2.75) is 520 Å². The summed E-state index contributed by atoms with van der Waals surface area (Å²) < 4.78 is 0. The summed E-state index contributed by atoms with van der Waals surface area (Å²) in [7, 11) is 0. The molecule has 0 spiro atoms. The third-order valence-corrected chi connectivity index (χ3v) is 38.6. The maximum atomic E-state index is 1.62. The summed E-state index contributed by atoms with van der Waals surface area (Å²) in [5.41, 5.74) is 0. The summed E-state index contributed by atoms with van der Waals surface area (Å²) in [5.74, 6) is 30.2. The standard InChI is InChI=1S/C12H22.2C11H20.2C10H18.2C9H14.3C9H16.C8H14/c1-2-6-12-9-3-7-11(5-1)8-4-10-12;1-4-10-6-2-7-11(5-1)9-3-8-10;1-2-5-11-7-3-6-10(4-1)8-9-11;1-2-5-10-7-3-6-9(4-1)8-10;1-2-4-10-7-5-9(3-1)6-8-10;2*1-2-7-5-6(1)8-3-4-9(7)8;2*1-3-8-5-2-6-9(4-1)7-8;1-2-4-9-6-5-8(3-1)7-9;1-2-8-5-3-7(1)4-6-8/h11-12H,1-10H2;2*10-11H,1-9H2;2*9-10H,1-8H2;2*6-9H,1-5H2;3*8-9H,1-7H2;7-8H,1-6H2. The van der Waals surface area contributed by atoms with Gasteiger partial charge in [0.25, 0.3) is 0 Å². The lowest BCUT2D eigenvalue weighted by Crippen LogP contribution is -2.31. The Morgan fingerprint density at radius 2 is 0.187 bits per heavy atom. The SMILES string of the molecule is C1CC2CC1C1CCC21.C1CC2CC1C1CCC21.C1CC2CCC1CC2.C1CC2CCCC(C1)C2.C1CC2CCCC(C1)C2.C1CC2CCCC(C1)CCC2.C1CCC2CCC(C1)C2.C1CCC2CCC(C1)CC2.C1CCC2CCCC(C1)C2.C1CCC2CCCC(C1)CC2.C1CCC2CCCC(C1)CCC2. The first-order valence-corrected chi connectivity index (χ1v) is 52.9. The van der Waals surface area contributed by atoms with Crippen LogP contribution in [0.25, 0.3) is 0 Å². The molecule has 0 heterocycles. The molecule has 616 valence electrons. The number of hydrogen-bond acceptors (Lipinski definition) is 0. The summed E-state index contributed by atoms with van der Waals surface area (Å²) in [5, 5.41) is 0. The number of fused-ring (bicyclic) bond motifs is 42. The molecule has 0 radical (unpaired) electrons. The summed E-state index contributed by atoms with van der Waals surface area (Å²) >= 11 is 0. The van der Waals surface area contributed by atoms with Gasteiger partial charge >= 0.3 is 0 Å². The van der Waals surface area contributed by atoms with Crippen LogP contribution < -0.4 is 0 Å². The van der Waals surface area contributed by atoms with Crippen molar-refractivity contribution >= 4 is 0 Å². The van der Waals surface area contributed by atoms with Gasteiger partial charge in [-0.25, -0.2) is 0 Å². The predicted molar refractivity (Wildman–Crippen MR) is 465 cm³/mol. The minimum absolute atomic E-state index is 1.11. The third kappa shape index (κ3) is 27.5. The molecule has 0 N–H and O–H groups in total. The lowest BCUT2D eigenvalue weighted by Gasteiger charge is -2.40. The van der Waals surface area contributed by atoms with Crippen LogP contribution in [0.5, 0.6) is 0 Å². The molecule has 0 nitrogen and oxygen atoms in total. The van der Waals surface area contributed by atoms with E-state index in [-0.39, 0.29) is 0 Å². The fourth-order valence-corrected chi connectivity index (χ4v) is 31.6. The second-order valence-corrected chi connectivity index (χ2v) is 45.7. The highest BCUT2D eigenvalue weighted by molar-refractivity contribution is 5.03. The number of hydrogen-bond donors (Lipinski definition) is 0. The molecular formula is C107H188. The van der Waals surface area contributed by atoms with Gasteiger partial charge in [-0.05, 0) is 244 Å². The molecule has 107 heavy (non-hydrogen) atoms. The average Bonchev–Trinajstić information content (AvgIpc) is 1.61. The van der Waals surface area contributed by atoms with Crippen molar-refractivity contribution < 1.29 is 0 Å². The van der Waals surface area contributed by atoms with E-state index in [0.717, 1.165) is 107 Å². The van der Waals surface area contributed by atoms with Gasteiger partial charge in [0.05, 0.1) is 0 Å². The van der Waals surface area contributed by atoms with Crippen LogP contribution in [0.3, 0.4) is 0 Å². The highest BCUT2D eigenvalue weighted by Gasteiger charge is 2.52. The molecule has 0 amide bonds. The highest BCUT2D eigenvalue weighted by Crippen LogP contribution is 2.62. The first kappa shape index (κ1) is 83.5. The molecule has 0 saturated heterocycles. The normalized spacial score (nSPS) is 44.4. The second-order valence-electron chi connectivity index (χ2n) is 45.7. The van der Waals surface area contributed by atoms with E-state index in [1.807, 2.05) is 0 Å². The van der Waals surface area contributed by atoms with Gasteiger partial charge in [-0.3, -0.25) is 0 Å². The van der Waals surface area contributed by atoms with Crippen LogP contribution >= 0.6 is 0 Å². The van der Waals surface area contributed by atoms with Gasteiger partial charge in [-0.2, -0.15) is 0 Å². The summed E-state index contributed by atoms with van der Waals surface area (Å²) in [6.07, 6.45) is 126. The van der Waals surface area contributed by atoms with Crippen LogP contribution in [0.2, 0.25) is 0 Å². The molecule has 14 atom stereocenters. The van der Waals surface area contributed by atoms with E-state index >= 15 is 0 Å². The van der Waals surface area contributed by atoms with Gasteiger partial charge in [0.1, 0.15) is 0 Å². The molecular weight excluding hydrogens is 1290 g/mol. The molecule has 0 aromatic carbocycles. The van der Waals surface area contributed by atoms with E-state index in [9.17, 15) is 0 Å². The van der Waals surface area contributed by atoms with E-state index in [1.165, 1.54) is 182 Å². The van der Waals surface area contributed by atoms with E-state index in [0.29, 0.717) is 0 Å². The second kappa shape index (κ2) is 46.2. The Morgan fingerprint density at radius 1 is 0.0748 bits per heavy atom. The van der Waals surface area contributed by atoms with Gasteiger partial charge in [0, 0.05) is 0 Å². The fraction of sp³-hybridized carbons (Fsp3) is 1.00. The van der Waals surface area contributed by atoms with Crippen molar-refractivity contribution in [2.24, 2.45) is 154 Å². The molecule has 28 aliphatic carbocycles. The van der Waals surface area contributed by atoms with Gasteiger partial charge in [-0.1, -0.05) is 430 Å². The Balaban J connectivity index is 0.0000000988. The van der Waals surface area contributed by atoms with Gasteiger partial charge in [0.15, 0.2) is 0 Å². The average molecular weight is 1470 g/mol. The van der Waals surface area contributed by atoms with E-state index in [2.05, 4.69) is 0 Å². The molecule has 0 aromatic rings. The van der Waals surface area contributed by atoms with Crippen molar-refractivity contribution in [3.63, 3.8) is 0 Å². The van der Waals surface area contributed by atoms with Crippen LogP contribution in [0.1, 0.15) is 520 Å². The maximum absolute atomic E-state index is 1.62. The first-order valence-electron chi connectivity index (χ1n) is 52.9. The van der Waals surface area contributed by atoms with E-state index in [4.69, 9.17) is 0 Å². The van der Waals surface area contributed by atoms with Crippen LogP contribution in [0.4, 0.5) is 0 Å². The lowest BCUT2D eigenvalue weighted by molar-refractivity contribution is 0.103. The minimum atomic E-state index is 1.11. The molecule has 0 aromatic heterocycles. The molecule has 28 fully saturated rings. The first-order chi connectivity index (χ1) is 52.9. The lowest BCUT2D eigenvalue weighted by atomic mass is 9.66. The van der Waals surface area contributed by atoms with Crippen molar-refractivity contribution in [1.29, 1.82) is 0 Å². The van der Waals surface area contributed by atoms with Gasteiger partial charge in [0.2, 0.25) is 0 Å². The minimum Gasteiger partial charge on any atom is -0.0530 e. The predicted octanol–water partition coefficient (Wildman–Crippen LogP) is 34.8. The van der Waals surface area contributed by atoms with Crippen molar-refractivity contribution in [2.75, 3.05) is 0 Å². The monoisotopic (exact) mass is 1470 g/mol. The highest BCUT2D eigenvalue weighted by atomic mass is 14.6. The molecule has 22 bridgehead atoms. The Morgan fingerprint density at radius 3 is 0.355 bits per heavy atom. The fourth-order valence-electron chi connectivity index (χ4n) is 31.6. The Kier molecular flexibility index (Phi) is 36.1. The van der Waals surface area contributed by atoms with Gasteiger partial charge in [-0.15, -0.1) is 0 Å². The third-order valence-electron chi connectivity index (χ3n) is 38.6. The summed E-state index contributed by atoms with van der Waals surface area (Å²) in [4.78, 5) is 0. The molecule has 0 aliphatic heterocycles. The maximum Gasteiger partial charge on any atom is -0.0355 e. The molecule has 28 aliphatic rings. The molecule has 0 heteroatoms. The van der Waals surface area contributed by atoms with E-state index < -0.39 is 0 Å². The zero-order valence-corrected chi connectivity index (χ0v) is 72.3. The van der Waals surface area contributed by atoms with Crippen molar-refractivity contribution in [3.8, 4) is 0 Å². The quantitative estimate of drug-likeness (QED) is 0.227. The number of rotatable bonds is 0. The Hall–Kier alpha value is 0. The molecule has 28 rings (SSSR count). The Labute approximate surface area is 669 Å². The van der Waals surface area contributed by atoms with E-state index in [1.54, 1.807) is 385 Å². The zero-order chi connectivity index (χ0) is 72.3. The van der Waals surface area contributed by atoms with Crippen LogP contribution in [0.15, 0.2) is 0 Å². The zero-order valence-electron chi connectivity index (χ0n) is 72.3. The smallest absolute Gasteiger partial charge is 0.0355 e. The summed E-state index contributed by atoms with van der Waals surface area (Å²) in [6, 6.07) is 0. The molecule has 28 saturated carbocycles. The largest absolute Gasteiger partial charge is 0.0530 e. The van der Waals surface area contributed by atoms with Gasteiger partial charge < -0.3 is 0 Å². The Bertz CT molecular complexity index is 1990. The topological polar surface area (TPSA) is 0 Å².